The van der Waals surface area contributed by atoms with Crippen molar-refractivity contribution in [3.63, 3.8) is 0 Å². The number of amides is 1. The van der Waals surface area contributed by atoms with Crippen LogP contribution in [0.25, 0.3) is 0 Å². The highest BCUT2D eigenvalue weighted by molar-refractivity contribution is 5.94. The molecule has 3 heterocycles. The van der Waals surface area contributed by atoms with Crippen LogP contribution in [-0.4, -0.2) is 28.5 Å². The first-order chi connectivity index (χ1) is 10.5. The second kappa shape index (κ2) is 3.75. The number of fused-ring (bicyclic) bond motifs is 2. The summed E-state index contributed by atoms with van der Waals surface area (Å²) in [5.41, 5.74) is 1.21. The van der Waals surface area contributed by atoms with Crippen LogP contribution in [0.1, 0.15) is 44.6 Å². The number of nitrogens with one attached hydrogen (secondary N) is 2. The number of carbonyl (C=O) groups is 1. The zero-order chi connectivity index (χ0) is 15.2. The predicted octanol–water partition coefficient (Wildman–Crippen LogP) is 1.18. The lowest BCUT2D eigenvalue weighted by molar-refractivity contribution is -0.126. The minimum Gasteiger partial charge on any atom is -0.343 e. The van der Waals surface area contributed by atoms with Gasteiger partial charge < -0.3 is 15.2 Å². The predicted molar refractivity (Wildman–Crippen MR) is 82.2 cm³/mol. The molecule has 1 aromatic heterocycles. The molecule has 5 nitrogen and oxygen atoms in total. The third-order valence-corrected chi connectivity index (χ3v) is 6.72. The molecule has 22 heavy (non-hydrogen) atoms. The first-order valence-corrected chi connectivity index (χ1v) is 8.59. The van der Waals surface area contributed by atoms with Gasteiger partial charge in [-0.3, -0.25) is 4.79 Å². The summed E-state index contributed by atoms with van der Waals surface area (Å²) in [5, 5.41) is 6.74. The highest BCUT2D eigenvalue weighted by atomic mass is 16.2. The maximum atomic E-state index is 12.9. The molecule has 0 bridgehead atoms. The van der Waals surface area contributed by atoms with E-state index in [0.717, 1.165) is 38.3 Å². The smallest absolute Gasteiger partial charge is 0.228 e. The second-order valence-corrected chi connectivity index (χ2v) is 8.25. The Balaban J connectivity index is 1.39. The molecule has 2 aliphatic carbocycles. The maximum Gasteiger partial charge on any atom is 0.228 e. The fraction of sp³-hybridized carbons (Fsp3) is 0.765. The van der Waals surface area contributed by atoms with Crippen molar-refractivity contribution in [1.29, 1.82) is 0 Å². The molecule has 118 valence electrons. The Bertz CT molecular complexity index is 678. The summed E-state index contributed by atoms with van der Waals surface area (Å²) in [6.07, 6.45) is 6.64. The molecule has 1 spiro atoms. The van der Waals surface area contributed by atoms with E-state index in [1.807, 2.05) is 6.20 Å². The van der Waals surface area contributed by atoms with E-state index in [1.54, 1.807) is 0 Å². The summed E-state index contributed by atoms with van der Waals surface area (Å²) < 4.78 is 2.32. The van der Waals surface area contributed by atoms with E-state index >= 15 is 0 Å². The molecule has 2 saturated carbocycles. The van der Waals surface area contributed by atoms with Gasteiger partial charge in [-0.25, -0.2) is 4.98 Å². The van der Waals surface area contributed by atoms with Crippen molar-refractivity contribution in [2.45, 2.75) is 51.6 Å². The minimum atomic E-state index is -0.393. The average molecular weight is 300 g/mol. The molecule has 2 aliphatic heterocycles. The number of aromatic nitrogens is 2. The Labute approximate surface area is 130 Å². The van der Waals surface area contributed by atoms with Crippen LogP contribution < -0.4 is 10.6 Å². The highest BCUT2D eigenvalue weighted by Crippen LogP contribution is 2.91. The Morgan fingerprint density at radius 3 is 3.14 bits per heavy atom. The maximum absolute atomic E-state index is 12.9. The Hall–Kier alpha value is -1.36. The molecule has 0 aromatic carbocycles. The lowest BCUT2D eigenvalue weighted by Crippen LogP contribution is -2.46. The van der Waals surface area contributed by atoms with Crippen molar-refractivity contribution in [2.24, 2.45) is 16.7 Å². The zero-order valence-electron chi connectivity index (χ0n) is 13.4. The van der Waals surface area contributed by atoms with Crippen LogP contribution in [-0.2, 0) is 23.3 Å². The summed E-state index contributed by atoms with van der Waals surface area (Å²) in [4.78, 5) is 17.5. The van der Waals surface area contributed by atoms with E-state index in [-0.39, 0.29) is 11.3 Å². The number of hydrogen-bond acceptors (Lipinski definition) is 3. The quantitative estimate of drug-likeness (QED) is 0.881. The van der Waals surface area contributed by atoms with E-state index in [2.05, 4.69) is 34.0 Å². The number of nitrogens with zero attached hydrogens (tertiary/aromatic N) is 2. The molecule has 5 heteroatoms. The number of piperidine rings is 1. The topological polar surface area (TPSA) is 59.0 Å². The van der Waals surface area contributed by atoms with Gasteiger partial charge in [0.2, 0.25) is 5.91 Å². The van der Waals surface area contributed by atoms with Gasteiger partial charge in [-0.05, 0) is 52.0 Å². The van der Waals surface area contributed by atoms with Gasteiger partial charge in [0.1, 0.15) is 5.82 Å². The Morgan fingerprint density at radius 1 is 1.50 bits per heavy atom. The minimum absolute atomic E-state index is 0.0349. The van der Waals surface area contributed by atoms with Gasteiger partial charge in [0.05, 0.1) is 11.0 Å². The molecule has 0 radical (unpaired) electrons. The van der Waals surface area contributed by atoms with Crippen LogP contribution in [0.2, 0.25) is 0 Å². The fourth-order valence-corrected chi connectivity index (χ4v) is 5.33. The molecule has 1 amide bonds. The molecule has 2 N–H and O–H groups in total. The molecule has 3 atom stereocenters. The lowest BCUT2D eigenvalue weighted by Gasteiger charge is -2.29. The average Bonchev–Trinajstić information content (AvgIpc) is 3.09. The SMILES string of the molecule is CC(C)(NC(=O)C12CC13CNCC32)c1ncc2n1CCCC2. The molecule has 3 unspecified atom stereocenters. The van der Waals surface area contributed by atoms with E-state index in [4.69, 9.17) is 0 Å². The highest BCUT2D eigenvalue weighted by Gasteiger charge is 2.95. The van der Waals surface area contributed by atoms with Gasteiger partial charge >= 0.3 is 0 Å². The number of carbonyl (C=O) groups excluding carboxylic acids is 1. The Morgan fingerprint density at radius 2 is 2.36 bits per heavy atom. The molecular formula is C17H24N4O. The second-order valence-electron chi connectivity index (χ2n) is 8.25. The van der Waals surface area contributed by atoms with Crippen molar-refractivity contribution in [3.05, 3.63) is 17.7 Å². The van der Waals surface area contributed by atoms with E-state index in [0.29, 0.717) is 11.3 Å². The number of aryl methyl sites for hydroxylation is 1. The molecule has 5 rings (SSSR count). The van der Waals surface area contributed by atoms with Crippen LogP contribution in [0.4, 0.5) is 0 Å². The van der Waals surface area contributed by atoms with Gasteiger partial charge in [0.15, 0.2) is 0 Å². The molecule has 3 fully saturated rings. The van der Waals surface area contributed by atoms with Crippen molar-refractivity contribution < 1.29 is 4.79 Å². The van der Waals surface area contributed by atoms with Crippen molar-refractivity contribution >= 4 is 5.91 Å². The van der Waals surface area contributed by atoms with Crippen molar-refractivity contribution in [1.82, 2.24) is 20.2 Å². The van der Waals surface area contributed by atoms with Crippen LogP contribution >= 0.6 is 0 Å². The van der Waals surface area contributed by atoms with E-state index < -0.39 is 5.54 Å². The summed E-state index contributed by atoms with van der Waals surface area (Å²) >= 11 is 0. The molecule has 4 aliphatic rings. The van der Waals surface area contributed by atoms with Gasteiger partial charge in [0.25, 0.3) is 0 Å². The molecular weight excluding hydrogens is 276 g/mol. The summed E-state index contributed by atoms with van der Waals surface area (Å²) in [5.74, 6) is 1.87. The lowest BCUT2D eigenvalue weighted by atomic mass is 9.99. The van der Waals surface area contributed by atoms with Gasteiger partial charge in [-0.2, -0.15) is 0 Å². The first kappa shape index (κ1) is 13.1. The van der Waals surface area contributed by atoms with Gasteiger partial charge in [-0.15, -0.1) is 0 Å². The largest absolute Gasteiger partial charge is 0.343 e. The number of hydrogen-bond donors (Lipinski definition) is 2. The van der Waals surface area contributed by atoms with E-state index in [9.17, 15) is 4.79 Å². The monoisotopic (exact) mass is 300 g/mol. The third-order valence-electron chi connectivity index (χ3n) is 6.72. The van der Waals surface area contributed by atoms with E-state index in [1.165, 1.54) is 18.5 Å². The number of rotatable bonds is 3. The first-order valence-electron chi connectivity index (χ1n) is 8.59. The summed E-state index contributed by atoms with van der Waals surface area (Å²) in [6, 6.07) is 0. The van der Waals surface area contributed by atoms with Crippen molar-refractivity contribution in [3.8, 4) is 0 Å². The van der Waals surface area contributed by atoms with Gasteiger partial charge in [0, 0.05) is 30.4 Å². The normalized spacial score (nSPS) is 38.0. The van der Waals surface area contributed by atoms with Crippen LogP contribution in [0.3, 0.4) is 0 Å². The van der Waals surface area contributed by atoms with Crippen molar-refractivity contribution in [2.75, 3.05) is 13.1 Å². The fourth-order valence-electron chi connectivity index (χ4n) is 5.33. The third kappa shape index (κ3) is 1.35. The summed E-state index contributed by atoms with van der Waals surface area (Å²) in [7, 11) is 0. The van der Waals surface area contributed by atoms with Crippen LogP contribution in [0.5, 0.6) is 0 Å². The zero-order valence-corrected chi connectivity index (χ0v) is 13.4. The standard InChI is InChI=1S/C17H24N4O/c1-15(2,13-19-7-11-5-3-4-6-21(11)13)20-14(22)17-9-16(17)10-18-8-12(16)17/h7,12,18H,3-6,8-10H2,1-2H3,(H,20,22). The van der Waals surface area contributed by atoms with Crippen LogP contribution in [0, 0.1) is 16.7 Å². The molecule has 1 aromatic rings. The molecule has 1 saturated heterocycles. The number of imidazole rings is 1. The Kier molecular flexibility index (Phi) is 2.24. The van der Waals surface area contributed by atoms with Gasteiger partial charge in [-0.1, -0.05) is 0 Å². The van der Waals surface area contributed by atoms with Crippen LogP contribution in [0.15, 0.2) is 6.20 Å². The summed E-state index contributed by atoms with van der Waals surface area (Å²) in [6.45, 7) is 7.27.